The number of pyridine rings is 1. The summed E-state index contributed by atoms with van der Waals surface area (Å²) in [4.78, 5) is 37.1. The van der Waals surface area contributed by atoms with Crippen molar-refractivity contribution in [2.45, 2.75) is 45.6 Å². The van der Waals surface area contributed by atoms with Crippen molar-refractivity contribution in [1.82, 2.24) is 19.1 Å². The van der Waals surface area contributed by atoms with Crippen molar-refractivity contribution >= 4 is 43.6 Å². The second-order valence-electron chi connectivity index (χ2n) is 8.61. The van der Waals surface area contributed by atoms with Crippen molar-refractivity contribution in [3.8, 4) is 11.1 Å². The Hall–Kier alpha value is -3.19. The van der Waals surface area contributed by atoms with Crippen LogP contribution in [-0.2, 0) is 26.4 Å². The third-order valence-corrected chi connectivity index (χ3v) is 7.82. The van der Waals surface area contributed by atoms with Crippen LogP contribution in [0.15, 0.2) is 39.9 Å². The topological polar surface area (TPSA) is 72.7 Å². The number of nitrogens with zero attached hydrogens (tertiary/aromatic N) is 3. The van der Waals surface area contributed by atoms with Gasteiger partial charge in [-0.2, -0.15) is 0 Å². The number of nitrogens with one attached hydrogen (secondary N) is 1. The van der Waals surface area contributed by atoms with Gasteiger partial charge in [-0.05, 0) is 43.2 Å². The summed E-state index contributed by atoms with van der Waals surface area (Å²) in [6, 6.07) is 10.3. The fraction of sp³-hybridized carbons (Fsp3) is 0.320. The van der Waals surface area contributed by atoms with E-state index < -0.39 is 0 Å². The molecule has 0 amide bonds. The van der Waals surface area contributed by atoms with Crippen LogP contribution < -0.4 is 11.2 Å². The molecule has 0 spiro atoms. The summed E-state index contributed by atoms with van der Waals surface area (Å²) in [5.74, 6) is 0. The Morgan fingerprint density at radius 3 is 2.66 bits per heavy atom. The van der Waals surface area contributed by atoms with Crippen LogP contribution in [0.5, 0.6) is 0 Å². The summed E-state index contributed by atoms with van der Waals surface area (Å²) >= 11 is 1.76. The molecule has 1 aliphatic carbocycles. The highest BCUT2D eigenvalue weighted by molar-refractivity contribution is 7.19. The van der Waals surface area contributed by atoms with Gasteiger partial charge in [0.05, 0.1) is 5.52 Å². The minimum atomic E-state index is -0.296. The maximum absolute atomic E-state index is 13.3. The molecule has 0 atom stereocenters. The highest BCUT2D eigenvalue weighted by Crippen LogP contribution is 2.44. The molecule has 6 rings (SSSR count). The van der Waals surface area contributed by atoms with Crippen molar-refractivity contribution in [2.24, 2.45) is 7.05 Å². The van der Waals surface area contributed by atoms with Crippen molar-refractivity contribution < 1.29 is 0 Å². The highest BCUT2D eigenvalue weighted by Gasteiger charge is 2.26. The van der Waals surface area contributed by atoms with E-state index in [2.05, 4.69) is 17.1 Å². The van der Waals surface area contributed by atoms with E-state index >= 15 is 0 Å². The SMILES string of the molecule is CCCn1c(=O)n(C)c(=O)c2c3nc4sc5c(c4c(-c4ccccc4)c3[nH]c21)CCCC5. The zero-order valence-corrected chi connectivity index (χ0v) is 19.0. The quantitative estimate of drug-likeness (QED) is 0.437. The van der Waals surface area contributed by atoms with E-state index in [0.717, 1.165) is 40.7 Å². The Kier molecular flexibility index (Phi) is 4.37. The predicted octanol–water partition coefficient (Wildman–Crippen LogP) is 4.75. The lowest BCUT2D eigenvalue weighted by Gasteiger charge is -2.13. The molecule has 1 aromatic carbocycles. The number of rotatable bonds is 3. The summed E-state index contributed by atoms with van der Waals surface area (Å²) in [7, 11) is 1.55. The molecule has 0 saturated carbocycles. The van der Waals surface area contributed by atoms with Crippen molar-refractivity contribution in [1.29, 1.82) is 0 Å². The average Bonchev–Trinajstić information content (AvgIpc) is 3.37. The van der Waals surface area contributed by atoms with E-state index in [9.17, 15) is 9.59 Å². The first-order chi connectivity index (χ1) is 15.6. The first-order valence-corrected chi connectivity index (χ1v) is 12.1. The summed E-state index contributed by atoms with van der Waals surface area (Å²) in [6.45, 7) is 2.57. The number of aromatic nitrogens is 4. The predicted molar refractivity (Wildman–Crippen MR) is 131 cm³/mol. The van der Waals surface area contributed by atoms with Gasteiger partial charge in [-0.15, -0.1) is 11.3 Å². The number of hydrogen-bond acceptors (Lipinski definition) is 4. The third kappa shape index (κ3) is 2.60. The van der Waals surface area contributed by atoms with Crippen LogP contribution in [0, 0.1) is 0 Å². The molecule has 1 aliphatic rings. The zero-order chi connectivity index (χ0) is 22.0. The Bertz CT molecular complexity index is 1640. The molecule has 4 aromatic heterocycles. The number of benzene rings is 1. The van der Waals surface area contributed by atoms with Gasteiger partial charge in [-0.1, -0.05) is 37.3 Å². The van der Waals surface area contributed by atoms with E-state index in [-0.39, 0.29) is 11.2 Å². The molecular formula is C25H24N4O2S. The van der Waals surface area contributed by atoms with Gasteiger partial charge < -0.3 is 4.98 Å². The van der Waals surface area contributed by atoms with Crippen LogP contribution in [0.3, 0.4) is 0 Å². The number of aromatic amines is 1. The molecule has 0 fully saturated rings. The summed E-state index contributed by atoms with van der Waals surface area (Å²) in [6.07, 6.45) is 5.35. The van der Waals surface area contributed by atoms with E-state index in [1.54, 1.807) is 23.0 Å². The lowest BCUT2D eigenvalue weighted by molar-refractivity contribution is 0.612. The van der Waals surface area contributed by atoms with E-state index in [4.69, 9.17) is 4.98 Å². The molecule has 6 nitrogen and oxygen atoms in total. The minimum absolute atomic E-state index is 0.295. The summed E-state index contributed by atoms with van der Waals surface area (Å²) < 4.78 is 2.88. The second kappa shape index (κ2) is 7.17. The molecule has 4 heterocycles. The van der Waals surface area contributed by atoms with Gasteiger partial charge in [0.2, 0.25) is 0 Å². The number of H-pyrrole nitrogens is 1. The van der Waals surface area contributed by atoms with Gasteiger partial charge in [0.1, 0.15) is 21.4 Å². The Morgan fingerprint density at radius 2 is 1.88 bits per heavy atom. The monoisotopic (exact) mass is 444 g/mol. The molecule has 0 aliphatic heterocycles. The Morgan fingerprint density at radius 1 is 1.09 bits per heavy atom. The van der Waals surface area contributed by atoms with Crippen LogP contribution >= 0.6 is 11.3 Å². The maximum atomic E-state index is 13.3. The van der Waals surface area contributed by atoms with Gasteiger partial charge >= 0.3 is 5.69 Å². The van der Waals surface area contributed by atoms with Crippen LogP contribution in [0.4, 0.5) is 0 Å². The summed E-state index contributed by atoms with van der Waals surface area (Å²) in [5, 5.41) is 1.71. The number of aryl methyl sites for hydroxylation is 3. The third-order valence-electron chi connectivity index (χ3n) is 6.64. The average molecular weight is 445 g/mol. The largest absolute Gasteiger partial charge is 0.338 e. The van der Waals surface area contributed by atoms with Gasteiger partial charge in [-0.3, -0.25) is 13.9 Å². The van der Waals surface area contributed by atoms with Crippen LogP contribution in [-0.4, -0.2) is 19.1 Å². The molecule has 162 valence electrons. The van der Waals surface area contributed by atoms with Crippen molar-refractivity contribution in [3.05, 3.63) is 61.6 Å². The maximum Gasteiger partial charge on any atom is 0.332 e. The molecule has 0 bridgehead atoms. The number of thiophene rings is 1. The lowest BCUT2D eigenvalue weighted by Crippen LogP contribution is -2.38. The van der Waals surface area contributed by atoms with Gasteiger partial charge in [-0.25, -0.2) is 9.78 Å². The number of hydrogen-bond donors (Lipinski definition) is 1. The molecule has 1 N–H and O–H groups in total. The lowest BCUT2D eigenvalue weighted by atomic mass is 9.92. The van der Waals surface area contributed by atoms with Gasteiger partial charge in [0.15, 0.2) is 0 Å². The van der Waals surface area contributed by atoms with E-state index in [1.807, 2.05) is 25.1 Å². The van der Waals surface area contributed by atoms with Gasteiger partial charge in [0, 0.05) is 29.4 Å². The molecule has 7 heteroatoms. The number of fused-ring (bicyclic) bond motifs is 6. The molecule has 0 unspecified atom stereocenters. The highest BCUT2D eigenvalue weighted by atomic mass is 32.1. The fourth-order valence-corrected chi connectivity index (χ4v) is 6.42. The normalized spacial score (nSPS) is 13.9. The molecule has 32 heavy (non-hydrogen) atoms. The first-order valence-electron chi connectivity index (χ1n) is 11.2. The smallest absolute Gasteiger partial charge is 0.332 e. The second-order valence-corrected chi connectivity index (χ2v) is 9.70. The van der Waals surface area contributed by atoms with Crippen LogP contribution in [0.25, 0.3) is 43.4 Å². The first kappa shape index (κ1) is 19.5. The minimum Gasteiger partial charge on any atom is -0.338 e. The van der Waals surface area contributed by atoms with E-state index in [0.29, 0.717) is 23.1 Å². The van der Waals surface area contributed by atoms with Crippen LogP contribution in [0.1, 0.15) is 36.6 Å². The molecular weight excluding hydrogens is 420 g/mol. The van der Waals surface area contributed by atoms with Crippen LogP contribution in [0.2, 0.25) is 0 Å². The summed E-state index contributed by atoms with van der Waals surface area (Å²) in [5.41, 5.74) is 5.09. The molecule has 0 saturated heterocycles. The van der Waals surface area contributed by atoms with Crippen molar-refractivity contribution in [2.75, 3.05) is 0 Å². The Labute approximate surface area is 188 Å². The molecule has 0 radical (unpaired) electrons. The Balaban J connectivity index is 1.87. The zero-order valence-electron chi connectivity index (χ0n) is 18.2. The van der Waals surface area contributed by atoms with E-state index in [1.165, 1.54) is 33.2 Å². The van der Waals surface area contributed by atoms with Crippen molar-refractivity contribution in [3.63, 3.8) is 0 Å². The molecule has 5 aromatic rings. The standard InChI is InChI=1S/C25H24N4O2S/c1-3-13-29-22-19(24(30)28(2)25(29)31)21-20(26-22)17(14-9-5-4-6-10-14)18-15-11-7-8-12-16(15)32-23(18)27-21/h4-6,9-10,26H,3,7-8,11-13H2,1-2H3. The van der Waals surface area contributed by atoms with Gasteiger partial charge in [0.25, 0.3) is 5.56 Å². The fourth-order valence-electron chi connectivity index (χ4n) is 5.15.